The second-order valence-corrected chi connectivity index (χ2v) is 6.47. The average Bonchev–Trinajstić information content (AvgIpc) is 2.57. The highest BCUT2D eigenvalue weighted by molar-refractivity contribution is 5.95. The molecular weight excluding hydrogens is 303 g/mol. The largest absolute Gasteiger partial charge is 0.378 e. The van der Waals surface area contributed by atoms with Crippen molar-refractivity contribution in [2.45, 2.75) is 45.7 Å². The van der Waals surface area contributed by atoms with Gasteiger partial charge in [0, 0.05) is 29.4 Å². The summed E-state index contributed by atoms with van der Waals surface area (Å²) in [6.45, 7) is 5.95. The fourth-order valence-corrected chi connectivity index (χ4v) is 3.37. The molecule has 1 heterocycles. The molecular formula is C20H23FN2O. The quantitative estimate of drug-likeness (QED) is 0.877. The van der Waals surface area contributed by atoms with Crippen LogP contribution in [0.15, 0.2) is 42.5 Å². The van der Waals surface area contributed by atoms with Gasteiger partial charge in [0.25, 0.3) is 0 Å². The van der Waals surface area contributed by atoms with Crippen molar-refractivity contribution in [3.63, 3.8) is 0 Å². The van der Waals surface area contributed by atoms with Crippen LogP contribution >= 0.6 is 0 Å². The van der Waals surface area contributed by atoms with Gasteiger partial charge in [-0.05, 0) is 50.6 Å². The Bertz CT molecular complexity index is 742. The number of halogens is 1. The number of carbonyl (C=O) groups is 1. The SMILES string of the molecule is CCC(=O)N1c2ccc(F)cc2C(Nc2ccc(C)cc2)CC1C. The van der Waals surface area contributed by atoms with Crippen LogP contribution in [-0.4, -0.2) is 11.9 Å². The molecule has 0 saturated carbocycles. The smallest absolute Gasteiger partial charge is 0.226 e. The summed E-state index contributed by atoms with van der Waals surface area (Å²) in [6, 6.07) is 12.9. The van der Waals surface area contributed by atoms with Crippen LogP contribution in [0.25, 0.3) is 0 Å². The number of benzene rings is 2. The number of amides is 1. The Kier molecular flexibility index (Phi) is 4.56. The third kappa shape index (κ3) is 3.14. The molecule has 2 atom stereocenters. The number of nitrogens with zero attached hydrogens (tertiary/aromatic N) is 1. The lowest BCUT2D eigenvalue weighted by molar-refractivity contribution is -0.118. The van der Waals surface area contributed by atoms with E-state index < -0.39 is 0 Å². The maximum atomic E-state index is 13.8. The van der Waals surface area contributed by atoms with E-state index in [2.05, 4.69) is 5.32 Å². The molecule has 1 aliphatic rings. The van der Waals surface area contributed by atoms with Gasteiger partial charge >= 0.3 is 0 Å². The lowest BCUT2D eigenvalue weighted by atomic mass is 9.91. The number of fused-ring (bicyclic) bond motifs is 1. The summed E-state index contributed by atoms with van der Waals surface area (Å²) < 4.78 is 13.8. The van der Waals surface area contributed by atoms with Crippen molar-refractivity contribution in [3.8, 4) is 0 Å². The number of rotatable bonds is 3. The van der Waals surface area contributed by atoms with Crippen LogP contribution < -0.4 is 10.2 Å². The van der Waals surface area contributed by atoms with E-state index in [-0.39, 0.29) is 23.8 Å². The fourth-order valence-electron chi connectivity index (χ4n) is 3.37. The lowest BCUT2D eigenvalue weighted by Crippen LogP contribution is -2.44. The molecule has 24 heavy (non-hydrogen) atoms. The van der Waals surface area contributed by atoms with Crippen LogP contribution in [0.5, 0.6) is 0 Å². The lowest BCUT2D eigenvalue weighted by Gasteiger charge is -2.40. The van der Waals surface area contributed by atoms with Crippen LogP contribution in [0.3, 0.4) is 0 Å². The van der Waals surface area contributed by atoms with E-state index >= 15 is 0 Å². The van der Waals surface area contributed by atoms with Gasteiger partial charge in [-0.2, -0.15) is 0 Å². The molecule has 2 aromatic rings. The Labute approximate surface area is 142 Å². The maximum absolute atomic E-state index is 13.8. The van der Waals surface area contributed by atoms with Crippen molar-refractivity contribution in [1.82, 2.24) is 0 Å². The van der Waals surface area contributed by atoms with Gasteiger partial charge in [0.15, 0.2) is 0 Å². The molecule has 3 nitrogen and oxygen atoms in total. The van der Waals surface area contributed by atoms with Gasteiger partial charge in [-0.15, -0.1) is 0 Å². The minimum atomic E-state index is -0.275. The van der Waals surface area contributed by atoms with Gasteiger partial charge in [0.2, 0.25) is 5.91 Å². The Hall–Kier alpha value is -2.36. The van der Waals surface area contributed by atoms with Gasteiger partial charge in [0.05, 0.1) is 6.04 Å². The van der Waals surface area contributed by atoms with Gasteiger partial charge in [-0.25, -0.2) is 4.39 Å². The summed E-state index contributed by atoms with van der Waals surface area (Å²) in [5, 5.41) is 3.49. The minimum Gasteiger partial charge on any atom is -0.378 e. The highest BCUT2D eigenvalue weighted by atomic mass is 19.1. The first kappa shape index (κ1) is 16.5. The highest BCUT2D eigenvalue weighted by Crippen LogP contribution is 2.39. The first-order chi connectivity index (χ1) is 11.5. The van der Waals surface area contributed by atoms with Gasteiger partial charge in [-0.1, -0.05) is 24.6 Å². The van der Waals surface area contributed by atoms with E-state index in [0.717, 1.165) is 23.4 Å². The van der Waals surface area contributed by atoms with E-state index in [0.29, 0.717) is 6.42 Å². The maximum Gasteiger partial charge on any atom is 0.226 e. The molecule has 2 aromatic carbocycles. The van der Waals surface area contributed by atoms with E-state index in [9.17, 15) is 9.18 Å². The second-order valence-electron chi connectivity index (χ2n) is 6.47. The monoisotopic (exact) mass is 326 g/mol. The zero-order valence-electron chi connectivity index (χ0n) is 14.3. The number of aryl methyl sites for hydroxylation is 1. The van der Waals surface area contributed by atoms with Gasteiger partial charge < -0.3 is 10.2 Å². The topological polar surface area (TPSA) is 32.3 Å². The van der Waals surface area contributed by atoms with E-state index in [1.54, 1.807) is 12.1 Å². The third-order valence-corrected chi connectivity index (χ3v) is 4.61. The molecule has 0 radical (unpaired) electrons. The summed E-state index contributed by atoms with van der Waals surface area (Å²) in [5.74, 6) is -0.202. The summed E-state index contributed by atoms with van der Waals surface area (Å²) in [6.07, 6.45) is 1.19. The molecule has 1 aliphatic heterocycles. The first-order valence-corrected chi connectivity index (χ1v) is 8.44. The van der Waals surface area contributed by atoms with Crippen molar-refractivity contribution in [1.29, 1.82) is 0 Å². The van der Waals surface area contributed by atoms with Crippen molar-refractivity contribution in [3.05, 3.63) is 59.4 Å². The van der Waals surface area contributed by atoms with Crippen LogP contribution in [0.1, 0.15) is 43.9 Å². The van der Waals surface area contributed by atoms with Crippen molar-refractivity contribution >= 4 is 17.3 Å². The highest BCUT2D eigenvalue weighted by Gasteiger charge is 2.33. The first-order valence-electron chi connectivity index (χ1n) is 8.44. The third-order valence-electron chi connectivity index (χ3n) is 4.61. The Balaban J connectivity index is 1.98. The Morgan fingerprint density at radius 2 is 1.96 bits per heavy atom. The number of hydrogen-bond donors (Lipinski definition) is 1. The van der Waals surface area contributed by atoms with Crippen LogP contribution in [0, 0.1) is 12.7 Å². The number of hydrogen-bond acceptors (Lipinski definition) is 2. The molecule has 0 spiro atoms. The van der Waals surface area contributed by atoms with Crippen LogP contribution in [0.4, 0.5) is 15.8 Å². The number of anilines is 2. The Morgan fingerprint density at radius 1 is 1.25 bits per heavy atom. The van der Waals surface area contributed by atoms with Gasteiger partial charge in [-0.3, -0.25) is 4.79 Å². The summed E-state index contributed by atoms with van der Waals surface area (Å²) >= 11 is 0. The van der Waals surface area contributed by atoms with E-state index in [1.165, 1.54) is 11.6 Å². The minimum absolute atomic E-state index is 0.0192. The zero-order valence-corrected chi connectivity index (χ0v) is 14.3. The summed E-state index contributed by atoms with van der Waals surface area (Å²) in [5.41, 5.74) is 3.86. The van der Waals surface area contributed by atoms with Gasteiger partial charge in [0.1, 0.15) is 5.82 Å². The Morgan fingerprint density at radius 3 is 2.62 bits per heavy atom. The molecule has 0 saturated heterocycles. The molecule has 0 fully saturated rings. The summed E-state index contributed by atoms with van der Waals surface area (Å²) in [4.78, 5) is 14.1. The zero-order chi connectivity index (χ0) is 17.3. The van der Waals surface area contributed by atoms with E-state index in [4.69, 9.17) is 0 Å². The van der Waals surface area contributed by atoms with Crippen molar-refractivity contribution in [2.24, 2.45) is 0 Å². The molecule has 126 valence electrons. The molecule has 0 aliphatic carbocycles. The summed E-state index contributed by atoms with van der Waals surface area (Å²) in [7, 11) is 0. The van der Waals surface area contributed by atoms with Crippen LogP contribution in [-0.2, 0) is 4.79 Å². The number of nitrogens with one attached hydrogen (secondary N) is 1. The number of carbonyl (C=O) groups excluding carboxylic acids is 1. The fraction of sp³-hybridized carbons (Fsp3) is 0.350. The molecule has 4 heteroatoms. The van der Waals surface area contributed by atoms with E-state index in [1.807, 2.05) is 49.9 Å². The molecule has 1 N–H and O–H groups in total. The van der Waals surface area contributed by atoms with Crippen LogP contribution in [0.2, 0.25) is 0 Å². The standard InChI is InChI=1S/C20H23FN2O/c1-4-20(24)23-14(3)11-18(17-12-15(21)7-10-19(17)23)22-16-8-5-13(2)6-9-16/h5-10,12,14,18,22H,4,11H2,1-3H3. The van der Waals surface area contributed by atoms with Crippen molar-refractivity contribution < 1.29 is 9.18 Å². The molecule has 0 aromatic heterocycles. The molecule has 1 amide bonds. The normalized spacial score (nSPS) is 19.8. The predicted molar refractivity (Wildman–Crippen MR) is 95.8 cm³/mol. The predicted octanol–water partition coefficient (Wildman–Crippen LogP) is 4.82. The molecule has 0 bridgehead atoms. The average molecular weight is 326 g/mol. The van der Waals surface area contributed by atoms with Crippen molar-refractivity contribution in [2.75, 3.05) is 10.2 Å². The second kappa shape index (κ2) is 6.63. The molecule has 3 rings (SSSR count). The molecule has 2 unspecified atom stereocenters.